The van der Waals surface area contributed by atoms with Crippen molar-refractivity contribution in [3.8, 4) is 0 Å². The van der Waals surface area contributed by atoms with Crippen LogP contribution in [0.15, 0.2) is 0 Å². The first-order valence-corrected chi connectivity index (χ1v) is 4.17. The van der Waals surface area contributed by atoms with E-state index in [-0.39, 0.29) is 6.09 Å². The van der Waals surface area contributed by atoms with Gasteiger partial charge in [-0.1, -0.05) is 6.92 Å². The summed E-state index contributed by atoms with van der Waals surface area (Å²) < 4.78 is 4.75. The molecule has 64 valence electrons. The van der Waals surface area contributed by atoms with Crippen molar-refractivity contribution in [1.29, 1.82) is 0 Å². The van der Waals surface area contributed by atoms with Crippen LogP contribution in [0.1, 0.15) is 26.7 Å². The Balaban J connectivity index is 2.14. The van der Waals surface area contributed by atoms with Gasteiger partial charge in [0.1, 0.15) is 0 Å². The van der Waals surface area contributed by atoms with Crippen molar-refractivity contribution in [2.24, 2.45) is 5.92 Å². The number of rotatable bonds is 2. The van der Waals surface area contributed by atoms with Gasteiger partial charge in [0.2, 0.25) is 0 Å². The lowest BCUT2D eigenvalue weighted by atomic mass is 9.81. The van der Waals surface area contributed by atoms with Gasteiger partial charge in [0.25, 0.3) is 0 Å². The summed E-state index contributed by atoms with van der Waals surface area (Å²) in [4.78, 5) is 10.9. The largest absolute Gasteiger partial charge is 0.450 e. The average Bonchev–Trinajstić information content (AvgIpc) is 1.98. The van der Waals surface area contributed by atoms with Gasteiger partial charge < -0.3 is 10.1 Å². The Hall–Kier alpha value is -0.730. The van der Waals surface area contributed by atoms with E-state index >= 15 is 0 Å². The van der Waals surface area contributed by atoms with Gasteiger partial charge in [0.15, 0.2) is 0 Å². The molecule has 0 aromatic heterocycles. The van der Waals surface area contributed by atoms with Crippen molar-refractivity contribution in [2.75, 3.05) is 6.61 Å². The molecule has 1 amide bonds. The van der Waals surface area contributed by atoms with Crippen molar-refractivity contribution in [2.45, 2.75) is 32.7 Å². The molecule has 0 radical (unpaired) electrons. The molecule has 2 atom stereocenters. The fraction of sp³-hybridized carbons (Fsp3) is 0.875. The molecular weight excluding hydrogens is 142 g/mol. The van der Waals surface area contributed by atoms with E-state index in [0.717, 1.165) is 6.42 Å². The molecule has 11 heavy (non-hydrogen) atoms. The van der Waals surface area contributed by atoms with E-state index in [1.807, 2.05) is 6.92 Å². The molecule has 0 saturated heterocycles. The standard InChI is InChI=1S/C8H15NO2/c1-3-11-8(10)9-7-5-4-6(7)2/h6-7H,3-5H2,1-2H3,(H,9,10). The Kier molecular flexibility index (Phi) is 2.74. The van der Waals surface area contributed by atoms with Crippen LogP contribution in [-0.2, 0) is 4.74 Å². The third-order valence-electron chi connectivity index (χ3n) is 2.20. The molecule has 1 rings (SSSR count). The molecule has 3 heteroatoms. The lowest BCUT2D eigenvalue weighted by Crippen LogP contribution is -2.45. The number of ether oxygens (including phenoxy) is 1. The van der Waals surface area contributed by atoms with Crippen LogP contribution < -0.4 is 5.32 Å². The van der Waals surface area contributed by atoms with Crippen LogP contribution in [-0.4, -0.2) is 18.7 Å². The molecule has 1 aliphatic carbocycles. The van der Waals surface area contributed by atoms with Gasteiger partial charge in [-0.2, -0.15) is 0 Å². The molecule has 0 bridgehead atoms. The number of hydrogen-bond acceptors (Lipinski definition) is 2. The number of carbonyl (C=O) groups is 1. The normalized spacial score (nSPS) is 28.9. The average molecular weight is 157 g/mol. The highest BCUT2D eigenvalue weighted by atomic mass is 16.5. The van der Waals surface area contributed by atoms with Gasteiger partial charge in [-0.15, -0.1) is 0 Å². The monoisotopic (exact) mass is 157 g/mol. The summed E-state index contributed by atoms with van der Waals surface area (Å²) in [6, 6.07) is 0.356. The summed E-state index contributed by atoms with van der Waals surface area (Å²) in [7, 11) is 0. The topological polar surface area (TPSA) is 38.3 Å². The van der Waals surface area contributed by atoms with E-state index in [9.17, 15) is 4.79 Å². The van der Waals surface area contributed by atoms with Gasteiger partial charge >= 0.3 is 6.09 Å². The zero-order chi connectivity index (χ0) is 8.27. The van der Waals surface area contributed by atoms with Crippen molar-refractivity contribution in [1.82, 2.24) is 5.32 Å². The lowest BCUT2D eigenvalue weighted by Gasteiger charge is -2.33. The summed E-state index contributed by atoms with van der Waals surface area (Å²) in [5.74, 6) is 0.624. The molecule has 0 aromatic carbocycles. The van der Waals surface area contributed by atoms with Crippen molar-refractivity contribution in [3.63, 3.8) is 0 Å². The highest BCUT2D eigenvalue weighted by Crippen LogP contribution is 2.26. The summed E-state index contributed by atoms with van der Waals surface area (Å²) in [5, 5.41) is 2.81. The maximum Gasteiger partial charge on any atom is 0.407 e. The number of alkyl carbamates (subject to hydrolysis) is 1. The molecule has 0 heterocycles. The predicted molar refractivity (Wildman–Crippen MR) is 42.3 cm³/mol. The van der Waals surface area contributed by atoms with E-state index in [2.05, 4.69) is 12.2 Å². The van der Waals surface area contributed by atoms with Gasteiger partial charge in [-0.3, -0.25) is 0 Å². The molecule has 3 nitrogen and oxygen atoms in total. The Morgan fingerprint density at radius 2 is 2.36 bits per heavy atom. The Labute approximate surface area is 67.1 Å². The zero-order valence-corrected chi connectivity index (χ0v) is 7.09. The Bertz CT molecular complexity index is 147. The molecule has 1 aliphatic rings. The molecule has 0 aliphatic heterocycles. The van der Waals surface area contributed by atoms with Crippen LogP contribution in [0.25, 0.3) is 0 Å². The van der Waals surface area contributed by atoms with Gasteiger partial charge in [-0.25, -0.2) is 4.79 Å². The van der Waals surface area contributed by atoms with Crippen LogP contribution in [0.2, 0.25) is 0 Å². The van der Waals surface area contributed by atoms with E-state index in [4.69, 9.17) is 4.74 Å². The second-order valence-corrected chi connectivity index (χ2v) is 3.03. The first kappa shape index (κ1) is 8.37. The first-order valence-electron chi connectivity index (χ1n) is 4.17. The minimum absolute atomic E-state index is 0.274. The van der Waals surface area contributed by atoms with Crippen LogP contribution >= 0.6 is 0 Å². The fourth-order valence-corrected chi connectivity index (χ4v) is 1.21. The second kappa shape index (κ2) is 3.60. The molecule has 1 fully saturated rings. The van der Waals surface area contributed by atoms with Crippen LogP contribution in [0.5, 0.6) is 0 Å². The summed E-state index contributed by atoms with van der Waals surface area (Å²) >= 11 is 0. The quantitative estimate of drug-likeness (QED) is 0.660. The fourth-order valence-electron chi connectivity index (χ4n) is 1.21. The minimum Gasteiger partial charge on any atom is -0.450 e. The minimum atomic E-state index is -0.274. The summed E-state index contributed by atoms with van der Waals surface area (Å²) in [5.41, 5.74) is 0. The molecule has 2 unspecified atom stereocenters. The summed E-state index contributed by atoms with van der Waals surface area (Å²) in [6.07, 6.45) is 2.04. The number of hydrogen-bond donors (Lipinski definition) is 1. The second-order valence-electron chi connectivity index (χ2n) is 3.03. The SMILES string of the molecule is CCOC(=O)NC1CCC1C. The lowest BCUT2D eigenvalue weighted by molar-refractivity contribution is 0.131. The highest BCUT2D eigenvalue weighted by molar-refractivity contribution is 5.67. The molecular formula is C8H15NO2. The first-order chi connectivity index (χ1) is 5.24. The Morgan fingerprint density at radius 1 is 1.64 bits per heavy atom. The van der Waals surface area contributed by atoms with E-state index in [1.54, 1.807) is 0 Å². The Morgan fingerprint density at radius 3 is 2.73 bits per heavy atom. The third-order valence-corrected chi connectivity index (χ3v) is 2.20. The van der Waals surface area contributed by atoms with Crippen LogP contribution in [0.3, 0.4) is 0 Å². The summed E-state index contributed by atoms with van der Waals surface area (Å²) in [6.45, 7) is 4.40. The maximum absolute atomic E-state index is 10.9. The molecule has 1 N–H and O–H groups in total. The zero-order valence-electron chi connectivity index (χ0n) is 7.09. The smallest absolute Gasteiger partial charge is 0.407 e. The predicted octanol–water partition coefficient (Wildman–Crippen LogP) is 1.53. The van der Waals surface area contributed by atoms with Crippen molar-refractivity contribution >= 4 is 6.09 Å². The van der Waals surface area contributed by atoms with Crippen molar-refractivity contribution < 1.29 is 9.53 Å². The van der Waals surface area contributed by atoms with Gasteiger partial charge in [-0.05, 0) is 25.7 Å². The third kappa shape index (κ3) is 2.10. The van der Waals surface area contributed by atoms with Crippen LogP contribution in [0.4, 0.5) is 4.79 Å². The number of amides is 1. The molecule has 0 spiro atoms. The number of carbonyl (C=O) groups excluding carboxylic acids is 1. The molecule has 0 aromatic rings. The molecule has 1 saturated carbocycles. The van der Waals surface area contributed by atoms with E-state index in [0.29, 0.717) is 18.6 Å². The van der Waals surface area contributed by atoms with Gasteiger partial charge in [0, 0.05) is 6.04 Å². The highest BCUT2D eigenvalue weighted by Gasteiger charge is 2.28. The van der Waals surface area contributed by atoms with Gasteiger partial charge in [0.05, 0.1) is 6.61 Å². The maximum atomic E-state index is 10.9. The van der Waals surface area contributed by atoms with Crippen LogP contribution in [0, 0.1) is 5.92 Å². The van der Waals surface area contributed by atoms with Crippen molar-refractivity contribution in [3.05, 3.63) is 0 Å². The van der Waals surface area contributed by atoms with E-state index < -0.39 is 0 Å². The number of nitrogens with one attached hydrogen (secondary N) is 1. The van der Waals surface area contributed by atoms with E-state index in [1.165, 1.54) is 6.42 Å².